The molecule has 0 fully saturated rings. The van der Waals surface area contributed by atoms with Crippen molar-refractivity contribution in [2.45, 2.75) is 46.1 Å². The van der Waals surface area contributed by atoms with Crippen LogP contribution in [0.4, 0.5) is 0 Å². The molecular formula is C9H19O2. The molecular weight excluding hydrogens is 140 g/mol. The zero-order valence-electron chi connectivity index (χ0n) is 8.02. The molecule has 0 bridgehead atoms. The van der Waals surface area contributed by atoms with E-state index in [0.717, 1.165) is 12.8 Å². The molecule has 0 N–H and O–H groups in total. The molecule has 67 valence electrons. The highest BCUT2D eigenvalue weighted by Crippen LogP contribution is 2.13. The van der Waals surface area contributed by atoms with E-state index in [4.69, 9.17) is 9.78 Å². The third kappa shape index (κ3) is 6.32. The van der Waals surface area contributed by atoms with Crippen molar-refractivity contribution in [1.29, 1.82) is 0 Å². The van der Waals surface area contributed by atoms with Gasteiger partial charge in [-0.25, -0.2) is 9.78 Å². The van der Waals surface area contributed by atoms with Crippen LogP contribution in [0.5, 0.6) is 0 Å². The zero-order chi connectivity index (χ0) is 8.74. The lowest BCUT2D eigenvalue weighted by molar-refractivity contribution is -0.353. The first-order valence-corrected chi connectivity index (χ1v) is 4.21. The third-order valence-electron chi connectivity index (χ3n) is 1.63. The fourth-order valence-electron chi connectivity index (χ4n) is 0.426. The van der Waals surface area contributed by atoms with Crippen molar-refractivity contribution in [3.8, 4) is 0 Å². The van der Waals surface area contributed by atoms with Gasteiger partial charge in [-0.3, -0.25) is 0 Å². The minimum atomic E-state index is -0.145. The van der Waals surface area contributed by atoms with Crippen LogP contribution < -0.4 is 0 Å². The Hall–Kier alpha value is -0.0800. The second kappa shape index (κ2) is 5.56. The van der Waals surface area contributed by atoms with Gasteiger partial charge in [-0.1, -0.05) is 13.8 Å². The standard InChI is InChI=1S/C9H19O2/c1-5-7-8-10-11-9(3,4)6-2/h5H,6-8H2,1-4H3. The largest absolute Gasteiger partial charge is 0.236 e. The highest BCUT2D eigenvalue weighted by Gasteiger charge is 2.16. The van der Waals surface area contributed by atoms with E-state index in [1.807, 2.05) is 20.8 Å². The van der Waals surface area contributed by atoms with E-state index in [1.165, 1.54) is 0 Å². The summed E-state index contributed by atoms with van der Waals surface area (Å²) in [6.45, 7) is 8.77. The maximum atomic E-state index is 5.16. The molecule has 0 unspecified atom stereocenters. The molecule has 11 heavy (non-hydrogen) atoms. The third-order valence-corrected chi connectivity index (χ3v) is 1.63. The van der Waals surface area contributed by atoms with Crippen molar-refractivity contribution in [3.05, 3.63) is 6.42 Å². The summed E-state index contributed by atoms with van der Waals surface area (Å²) in [5, 5.41) is 0. The van der Waals surface area contributed by atoms with Crippen LogP contribution >= 0.6 is 0 Å². The Balaban J connectivity index is 3.23. The Morgan fingerprint density at radius 3 is 2.45 bits per heavy atom. The predicted octanol–water partition coefficient (Wildman–Crippen LogP) is 2.74. The Labute approximate surface area is 69.8 Å². The smallest absolute Gasteiger partial charge is 0.0977 e. The summed E-state index contributed by atoms with van der Waals surface area (Å²) in [5.74, 6) is 0. The minimum absolute atomic E-state index is 0.145. The number of hydrogen-bond acceptors (Lipinski definition) is 2. The molecule has 0 spiro atoms. The summed E-state index contributed by atoms with van der Waals surface area (Å²) in [6.07, 6.45) is 3.96. The van der Waals surface area contributed by atoms with Crippen LogP contribution in [0.2, 0.25) is 0 Å². The number of hydrogen-bond donors (Lipinski definition) is 0. The van der Waals surface area contributed by atoms with Crippen LogP contribution in [0.25, 0.3) is 0 Å². The lowest BCUT2D eigenvalue weighted by atomic mass is 10.1. The normalized spacial score (nSPS) is 12.0. The first-order valence-electron chi connectivity index (χ1n) is 4.21. The molecule has 0 aliphatic rings. The van der Waals surface area contributed by atoms with Gasteiger partial charge in [0, 0.05) is 0 Å². The summed E-state index contributed by atoms with van der Waals surface area (Å²) in [4.78, 5) is 10.2. The number of rotatable bonds is 6. The summed E-state index contributed by atoms with van der Waals surface area (Å²) in [6, 6.07) is 0. The van der Waals surface area contributed by atoms with Crippen molar-refractivity contribution in [2.24, 2.45) is 0 Å². The molecule has 0 aliphatic heterocycles. The molecule has 2 heteroatoms. The maximum absolute atomic E-state index is 5.16. The molecule has 0 aromatic carbocycles. The molecule has 0 atom stereocenters. The van der Waals surface area contributed by atoms with E-state index in [0.29, 0.717) is 6.61 Å². The van der Waals surface area contributed by atoms with Gasteiger partial charge in [0.1, 0.15) is 0 Å². The van der Waals surface area contributed by atoms with Gasteiger partial charge in [0.2, 0.25) is 0 Å². The van der Waals surface area contributed by atoms with E-state index < -0.39 is 0 Å². The van der Waals surface area contributed by atoms with E-state index in [1.54, 1.807) is 0 Å². The first kappa shape index (κ1) is 10.9. The van der Waals surface area contributed by atoms with E-state index in [-0.39, 0.29) is 5.60 Å². The van der Waals surface area contributed by atoms with Crippen molar-refractivity contribution >= 4 is 0 Å². The second-order valence-corrected chi connectivity index (χ2v) is 3.22. The van der Waals surface area contributed by atoms with E-state index >= 15 is 0 Å². The average Bonchev–Trinajstić information content (AvgIpc) is 1.99. The molecule has 0 aromatic heterocycles. The fourth-order valence-corrected chi connectivity index (χ4v) is 0.426. The highest BCUT2D eigenvalue weighted by atomic mass is 17.2. The average molecular weight is 159 g/mol. The first-order chi connectivity index (χ1) is 5.12. The predicted molar refractivity (Wildman–Crippen MR) is 46.0 cm³/mol. The summed E-state index contributed by atoms with van der Waals surface area (Å²) < 4.78 is 0. The molecule has 2 nitrogen and oxygen atoms in total. The molecule has 0 rings (SSSR count). The topological polar surface area (TPSA) is 18.5 Å². The minimum Gasteiger partial charge on any atom is -0.236 e. The van der Waals surface area contributed by atoms with Crippen LogP contribution in [0, 0.1) is 6.42 Å². The molecule has 1 radical (unpaired) electrons. The van der Waals surface area contributed by atoms with Crippen LogP contribution in [-0.2, 0) is 9.78 Å². The van der Waals surface area contributed by atoms with Gasteiger partial charge in [0.15, 0.2) is 0 Å². The van der Waals surface area contributed by atoms with Crippen LogP contribution in [0.15, 0.2) is 0 Å². The Morgan fingerprint density at radius 1 is 1.36 bits per heavy atom. The SMILES string of the molecule is C[CH]CCOOC(C)(C)CC. The quantitative estimate of drug-likeness (QED) is 0.337. The Morgan fingerprint density at radius 2 is 2.00 bits per heavy atom. The van der Waals surface area contributed by atoms with Crippen molar-refractivity contribution in [1.82, 2.24) is 0 Å². The molecule has 0 saturated carbocycles. The monoisotopic (exact) mass is 159 g/mol. The van der Waals surface area contributed by atoms with Gasteiger partial charge >= 0.3 is 0 Å². The number of unbranched alkanes of at least 4 members (excludes halogenated alkanes) is 1. The van der Waals surface area contributed by atoms with Gasteiger partial charge in [0.05, 0.1) is 12.2 Å². The van der Waals surface area contributed by atoms with Gasteiger partial charge in [-0.15, -0.1) is 0 Å². The van der Waals surface area contributed by atoms with Crippen LogP contribution in [0.1, 0.15) is 40.5 Å². The molecule has 0 aliphatic carbocycles. The van der Waals surface area contributed by atoms with Crippen molar-refractivity contribution in [3.63, 3.8) is 0 Å². The molecule has 0 saturated heterocycles. The highest BCUT2D eigenvalue weighted by molar-refractivity contribution is 4.62. The molecule has 0 aromatic rings. The van der Waals surface area contributed by atoms with E-state index in [2.05, 4.69) is 13.3 Å². The van der Waals surface area contributed by atoms with Crippen molar-refractivity contribution < 1.29 is 9.78 Å². The van der Waals surface area contributed by atoms with Gasteiger partial charge < -0.3 is 0 Å². The van der Waals surface area contributed by atoms with Gasteiger partial charge in [-0.05, 0) is 33.1 Å². The van der Waals surface area contributed by atoms with Crippen LogP contribution in [-0.4, -0.2) is 12.2 Å². The Kier molecular flexibility index (Phi) is 5.51. The lowest BCUT2D eigenvalue weighted by Crippen LogP contribution is -2.23. The Bertz CT molecular complexity index is 89.6. The molecule has 0 heterocycles. The summed E-state index contributed by atoms with van der Waals surface area (Å²) >= 11 is 0. The summed E-state index contributed by atoms with van der Waals surface area (Å²) in [5.41, 5.74) is -0.145. The second-order valence-electron chi connectivity index (χ2n) is 3.22. The zero-order valence-corrected chi connectivity index (χ0v) is 8.02. The lowest BCUT2D eigenvalue weighted by Gasteiger charge is -2.21. The summed E-state index contributed by atoms with van der Waals surface area (Å²) in [7, 11) is 0. The van der Waals surface area contributed by atoms with E-state index in [9.17, 15) is 0 Å². The van der Waals surface area contributed by atoms with Crippen LogP contribution in [0.3, 0.4) is 0 Å². The maximum Gasteiger partial charge on any atom is 0.0977 e. The fraction of sp³-hybridized carbons (Fsp3) is 0.889. The van der Waals surface area contributed by atoms with Gasteiger partial charge in [-0.2, -0.15) is 0 Å². The molecule has 0 amide bonds. The van der Waals surface area contributed by atoms with Crippen molar-refractivity contribution in [2.75, 3.05) is 6.61 Å². The van der Waals surface area contributed by atoms with Gasteiger partial charge in [0.25, 0.3) is 0 Å².